The van der Waals surface area contributed by atoms with Crippen LogP contribution in [0.1, 0.15) is 5.56 Å². The van der Waals surface area contributed by atoms with Gasteiger partial charge in [0.25, 0.3) is 0 Å². The van der Waals surface area contributed by atoms with E-state index in [-0.39, 0.29) is 6.54 Å². The van der Waals surface area contributed by atoms with Gasteiger partial charge in [0, 0.05) is 38.0 Å². The highest BCUT2D eigenvalue weighted by molar-refractivity contribution is 6.33. The number of benzene rings is 2. The van der Waals surface area contributed by atoms with Gasteiger partial charge in [0.2, 0.25) is 0 Å². The first kappa shape index (κ1) is 14.6. The Kier molecular flexibility index (Phi) is 4.45. The molecule has 2 nitrogen and oxygen atoms in total. The molecule has 2 aromatic carbocycles. The monoisotopic (exact) mass is 296 g/mol. The van der Waals surface area contributed by atoms with Crippen molar-refractivity contribution in [3.63, 3.8) is 0 Å². The predicted octanol–water partition coefficient (Wildman–Crippen LogP) is 4.30. The Morgan fingerprint density at radius 1 is 1.10 bits per heavy atom. The molecule has 0 saturated carbocycles. The number of nitrogens with one attached hydrogen (secondary N) is 1. The molecule has 0 saturated heterocycles. The summed E-state index contributed by atoms with van der Waals surface area (Å²) in [4.78, 5) is 1.91. The first-order chi connectivity index (χ1) is 9.47. The summed E-state index contributed by atoms with van der Waals surface area (Å²) in [7, 11) is 3.81. The van der Waals surface area contributed by atoms with Crippen LogP contribution >= 0.6 is 11.6 Å². The maximum absolute atomic E-state index is 13.5. The molecule has 2 aromatic rings. The zero-order chi connectivity index (χ0) is 14.7. The molecule has 0 atom stereocenters. The van der Waals surface area contributed by atoms with Crippen molar-refractivity contribution < 1.29 is 8.78 Å². The molecular formula is C15H15ClF2N2. The average molecular weight is 297 g/mol. The summed E-state index contributed by atoms with van der Waals surface area (Å²) in [6.45, 7) is 0.268. The topological polar surface area (TPSA) is 15.3 Å². The second-order valence-electron chi connectivity index (χ2n) is 4.65. The minimum atomic E-state index is -0.579. The molecule has 0 aliphatic heterocycles. The van der Waals surface area contributed by atoms with Gasteiger partial charge >= 0.3 is 0 Å². The SMILES string of the molecule is CN(C)c1ccc(NCc2ccc(F)cc2F)cc1Cl. The molecule has 20 heavy (non-hydrogen) atoms. The Morgan fingerprint density at radius 2 is 1.85 bits per heavy atom. The largest absolute Gasteiger partial charge is 0.381 e. The van der Waals surface area contributed by atoms with Crippen molar-refractivity contribution in [1.29, 1.82) is 0 Å². The van der Waals surface area contributed by atoms with Crippen molar-refractivity contribution in [1.82, 2.24) is 0 Å². The summed E-state index contributed by atoms with van der Waals surface area (Å²) < 4.78 is 26.3. The summed E-state index contributed by atoms with van der Waals surface area (Å²) in [5.41, 5.74) is 2.09. The number of hydrogen-bond donors (Lipinski definition) is 1. The third-order valence-electron chi connectivity index (χ3n) is 2.93. The van der Waals surface area contributed by atoms with Gasteiger partial charge in [0.05, 0.1) is 10.7 Å². The van der Waals surface area contributed by atoms with E-state index in [0.29, 0.717) is 10.6 Å². The van der Waals surface area contributed by atoms with E-state index in [4.69, 9.17) is 11.6 Å². The second kappa shape index (κ2) is 6.09. The molecular weight excluding hydrogens is 282 g/mol. The number of anilines is 2. The fourth-order valence-electron chi connectivity index (χ4n) is 1.84. The Bertz CT molecular complexity index is 615. The molecule has 0 heterocycles. The van der Waals surface area contributed by atoms with E-state index in [0.717, 1.165) is 17.4 Å². The van der Waals surface area contributed by atoms with Crippen LogP contribution < -0.4 is 10.2 Å². The fraction of sp³-hybridized carbons (Fsp3) is 0.200. The lowest BCUT2D eigenvalue weighted by atomic mass is 10.2. The fourth-order valence-corrected chi connectivity index (χ4v) is 2.19. The zero-order valence-corrected chi connectivity index (χ0v) is 12.0. The van der Waals surface area contributed by atoms with E-state index in [1.54, 1.807) is 6.07 Å². The number of halogens is 3. The third-order valence-corrected chi connectivity index (χ3v) is 3.23. The van der Waals surface area contributed by atoms with Gasteiger partial charge in [0.15, 0.2) is 0 Å². The number of nitrogens with zero attached hydrogens (tertiary/aromatic N) is 1. The van der Waals surface area contributed by atoms with Crippen LogP contribution in [0.15, 0.2) is 36.4 Å². The molecule has 0 fully saturated rings. The molecule has 5 heteroatoms. The molecule has 0 aliphatic carbocycles. The normalized spacial score (nSPS) is 10.4. The predicted molar refractivity (Wildman–Crippen MR) is 79.5 cm³/mol. The van der Waals surface area contributed by atoms with Crippen molar-refractivity contribution in [2.45, 2.75) is 6.54 Å². The van der Waals surface area contributed by atoms with Crippen LogP contribution in [-0.2, 0) is 6.54 Å². The van der Waals surface area contributed by atoms with Gasteiger partial charge < -0.3 is 10.2 Å². The summed E-state index contributed by atoms with van der Waals surface area (Å²) in [6, 6.07) is 9.06. The highest BCUT2D eigenvalue weighted by Gasteiger charge is 2.06. The van der Waals surface area contributed by atoms with Crippen molar-refractivity contribution in [2.24, 2.45) is 0 Å². The second-order valence-corrected chi connectivity index (χ2v) is 5.06. The standard InChI is InChI=1S/C15H15ClF2N2/c1-20(2)15-6-5-12(8-13(15)16)19-9-10-3-4-11(17)7-14(10)18/h3-8,19H,9H2,1-2H3. The molecule has 0 amide bonds. The van der Waals surface area contributed by atoms with Crippen LogP contribution in [0.5, 0.6) is 0 Å². The van der Waals surface area contributed by atoms with Crippen LogP contribution in [-0.4, -0.2) is 14.1 Å². The first-order valence-electron chi connectivity index (χ1n) is 6.12. The molecule has 106 valence electrons. The molecule has 0 bridgehead atoms. The molecule has 0 radical (unpaired) electrons. The van der Waals surface area contributed by atoms with E-state index in [2.05, 4.69) is 5.32 Å². The van der Waals surface area contributed by atoms with E-state index >= 15 is 0 Å². The Hall–Kier alpha value is -1.81. The van der Waals surface area contributed by atoms with E-state index < -0.39 is 11.6 Å². The van der Waals surface area contributed by atoms with Gasteiger partial charge in [-0.1, -0.05) is 17.7 Å². The lowest BCUT2D eigenvalue weighted by molar-refractivity contribution is 0.574. The zero-order valence-electron chi connectivity index (χ0n) is 11.3. The lowest BCUT2D eigenvalue weighted by Gasteiger charge is -2.16. The van der Waals surface area contributed by atoms with E-state index in [1.807, 2.05) is 31.1 Å². The van der Waals surface area contributed by atoms with Gasteiger partial charge in [-0.05, 0) is 24.3 Å². The lowest BCUT2D eigenvalue weighted by Crippen LogP contribution is -2.09. The van der Waals surface area contributed by atoms with Crippen molar-refractivity contribution >= 4 is 23.0 Å². The minimum absolute atomic E-state index is 0.268. The number of rotatable bonds is 4. The highest BCUT2D eigenvalue weighted by atomic mass is 35.5. The van der Waals surface area contributed by atoms with Crippen molar-refractivity contribution in [3.05, 3.63) is 58.6 Å². The number of hydrogen-bond acceptors (Lipinski definition) is 2. The summed E-state index contributed by atoms with van der Waals surface area (Å²) in [5, 5.41) is 3.67. The van der Waals surface area contributed by atoms with Crippen LogP contribution in [0.4, 0.5) is 20.2 Å². The quantitative estimate of drug-likeness (QED) is 0.905. The van der Waals surface area contributed by atoms with Gasteiger partial charge in [0.1, 0.15) is 11.6 Å². The Balaban J connectivity index is 2.09. The van der Waals surface area contributed by atoms with Gasteiger partial charge in [-0.2, -0.15) is 0 Å². The van der Waals surface area contributed by atoms with Gasteiger partial charge in [-0.25, -0.2) is 8.78 Å². The summed E-state index contributed by atoms with van der Waals surface area (Å²) in [5.74, 6) is -1.14. The minimum Gasteiger partial charge on any atom is -0.381 e. The van der Waals surface area contributed by atoms with Crippen LogP contribution in [0.25, 0.3) is 0 Å². The van der Waals surface area contributed by atoms with Gasteiger partial charge in [-0.15, -0.1) is 0 Å². The smallest absolute Gasteiger partial charge is 0.131 e. The Morgan fingerprint density at radius 3 is 2.45 bits per heavy atom. The molecule has 0 aliphatic rings. The third kappa shape index (κ3) is 3.39. The van der Waals surface area contributed by atoms with Crippen LogP contribution in [0.3, 0.4) is 0 Å². The summed E-state index contributed by atoms with van der Waals surface area (Å²) in [6.07, 6.45) is 0. The maximum Gasteiger partial charge on any atom is 0.131 e. The highest BCUT2D eigenvalue weighted by Crippen LogP contribution is 2.27. The molecule has 0 spiro atoms. The van der Waals surface area contributed by atoms with Crippen molar-refractivity contribution in [2.75, 3.05) is 24.3 Å². The van der Waals surface area contributed by atoms with E-state index in [1.165, 1.54) is 12.1 Å². The van der Waals surface area contributed by atoms with Crippen LogP contribution in [0.2, 0.25) is 5.02 Å². The van der Waals surface area contributed by atoms with Crippen LogP contribution in [0, 0.1) is 11.6 Å². The van der Waals surface area contributed by atoms with Crippen molar-refractivity contribution in [3.8, 4) is 0 Å². The Labute approximate surface area is 122 Å². The molecule has 2 rings (SSSR count). The first-order valence-corrected chi connectivity index (χ1v) is 6.50. The van der Waals surface area contributed by atoms with Gasteiger partial charge in [-0.3, -0.25) is 0 Å². The molecule has 0 aromatic heterocycles. The average Bonchev–Trinajstić information content (AvgIpc) is 2.37. The van der Waals surface area contributed by atoms with E-state index in [9.17, 15) is 8.78 Å². The summed E-state index contributed by atoms with van der Waals surface area (Å²) >= 11 is 6.15. The molecule has 1 N–H and O–H groups in total. The maximum atomic E-state index is 13.5. The molecule has 0 unspecified atom stereocenters.